The first-order chi connectivity index (χ1) is 14.1. The van der Waals surface area contributed by atoms with E-state index in [4.69, 9.17) is 10.7 Å². The third kappa shape index (κ3) is 4.11. The molecule has 0 unspecified atom stereocenters. The lowest BCUT2D eigenvalue weighted by molar-refractivity contribution is 0.866. The fourth-order valence-electron chi connectivity index (χ4n) is 3.24. The van der Waals surface area contributed by atoms with Crippen molar-refractivity contribution in [3.05, 3.63) is 84.3 Å². The van der Waals surface area contributed by atoms with Gasteiger partial charge in [0, 0.05) is 24.5 Å². The van der Waals surface area contributed by atoms with Gasteiger partial charge in [-0.2, -0.15) is 5.10 Å². The van der Waals surface area contributed by atoms with E-state index in [-0.39, 0.29) is 0 Å². The summed E-state index contributed by atoms with van der Waals surface area (Å²) in [5.41, 5.74) is 11.1. The summed E-state index contributed by atoms with van der Waals surface area (Å²) in [5.74, 6) is 1.71. The zero-order valence-electron chi connectivity index (χ0n) is 16.6. The largest absolute Gasteiger partial charge is 0.394 e. The van der Waals surface area contributed by atoms with E-state index in [1.807, 2.05) is 41.2 Å². The fraction of sp³-hybridized carbons (Fsp3) is 0.174. The molecule has 0 spiro atoms. The van der Waals surface area contributed by atoms with Crippen molar-refractivity contribution >= 4 is 11.5 Å². The zero-order chi connectivity index (χ0) is 20.2. The summed E-state index contributed by atoms with van der Waals surface area (Å²) in [4.78, 5) is 9.16. The van der Waals surface area contributed by atoms with Gasteiger partial charge in [0.1, 0.15) is 0 Å². The van der Waals surface area contributed by atoms with E-state index in [2.05, 4.69) is 53.5 Å². The van der Waals surface area contributed by atoms with Crippen molar-refractivity contribution in [1.82, 2.24) is 19.7 Å². The van der Waals surface area contributed by atoms with Crippen LogP contribution >= 0.6 is 0 Å². The molecule has 29 heavy (non-hydrogen) atoms. The molecule has 0 fully saturated rings. The Labute approximate surface area is 170 Å². The van der Waals surface area contributed by atoms with E-state index >= 15 is 0 Å². The van der Waals surface area contributed by atoms with Gasteiger partial charge in [-0.3, -0.25) is 0 Å². The molecule has 0 aliphatic carbocycles. The summed E-state index contributed by atoms with van der Waals surface area (Å²) in [6.45, 7) is 4.95. The first-order valence-electron chi connectivity index (χ1n) is 9.66. The Bertz CT molecular complexity index is 1080. The number of nitrogen functional groups attached to an aromatic ring is 1. The van der Waals surface area contributed by atoms with Crippen molar-refractivity contribution in [2.24, 2.45) is 0 Å². The number of hydrogen-bond donors (Lipinski definition) is 2. The predicted molar refractivity (Wildman–Crippen MR) is 117 cm³/mol. The van der Waals surface area contributed by atoms with Gasteiger partial charge in [-0.05, 0) is 35.2 Å². The minimum Gasteiger partial charge on any atom is -0.394 e. The number of anilines is 2. The standard InChI is InChI=1S/C23H24N6/c1-16(2)19-6-3-4-7-20(19)22-26-15-21(24)23(28-22)25-14-17-8-10-18(11-9-17)29-13-5-12-27-29/h3-13,15-16H,14,24H2,1-2H3,(H,25,26,28). The maximum Gasteiger partial charge on any atom is 0.161 e. The van der Waals surface area contributed by atoms with E-state index in [1.54, 1.807) is 12.4 Å². The van der Waals surface area contributed by atoms with Gasteiger partial charge in [0.05, 0.1) is 17.6 Å². The molecular weight excluding hydrogens is 360 g/mol. The van der Waals surface area contributed by atoms with Crippen LogP contribution in [0.4, 0.5) is 11.5 Å². The topological polar surface area (TPSA) is 81.6 Å². The van der Waals surface area contributed by atoms with Gasteiger partial charge in [0.15, 0.2) is 11.6 Å². The molecule has 0 amide bonds. The first kappa shape index (κ1) is 18.7. The van der Waals surface area contributed by atoms with Crippen molar-refractivity contribution < 1.29 is 0 Å². The second-order valence-electron chi connectivity index (χ2n) is 7.21. The van der Waals surface area contributed by atoms with Crippen LogP contribution in [0.5, 0.6) is 0 Å². The van der Waals surface area contributed by atoms with Crippen LogP contribution in [0.25, 0.3) is 17.1 Å². The lowest BCUT2D eigenvalue weighted by Gasteiger charge is -2.14. The molecule has 0 aliphatic heterocycles. The molecule has 3 N–H and O–H groups in total. The maximum absolute atomic E-state index is 6.12. The molecule has 2 aromatic heterocycles. The van der Waals surface area contributed by atoms with E-state index in [0.717, 1.165) is 16.8 Å². The van der Waals surface area contributed by atoms with Gasteiger partial charge in [0.2, 0.25) is 0 Å². The summed E-state index contributed by atoms with van der Waals surface area (Å²) < 4.78 is 1.83. The maximum atomic E-state index is 6.12. The smallest absolute Gasteiger partial charge is 0.161 e. The fourth-order valence-corrected chi connectivity index (χ4v) is 3.24. The van der Waals surface area contributed by atoms with Crippen LogP contribution in [0.2, 0.25) is 0 Å². The SMILES string of the molecule is CC(C)c1ccccc1-c1ncc(N)c(NCc2ccc(-n3cccn3)cc2)n1. The van der Waals surface area contributed by atoms with Crippen LogP contribution in [-0.2, 0) is 6.54 Å². The number of benzene rings is 2. The second-order valence-corrected chi connectivity index (χ2v) is 7.21. The Morgan fingerprint density at radius 2 is 1.83 bits per heavy atom. The quantitative estimate of drug-likeness (QED) is 0.506. The third-order valence-corrected chi connectivity index (χ3v) is 4.81. The minimum absolute atomic E-state index is 0.386. The molecule has 0 saturated carbocycles. The molecule has 0 atom stereocenters. The zero-order valence-corrected chi connectivity index (χ0v) is 16.6. The average molecular weight is 384 g/mol. The van der Waals surface area contributed by atoms with E-state index in [0.29, 0.717) is 29.8 Å². The lowest BCUT2D eigenvalue weighted by atomic mass is 9.97. The monoisotopic (exact) mass is 384 g/mol. The summed E-state index contributed by atoms with van der Waals surface area (Å²) in [7, 11) is 0. The van der Waals surface area contributed by atoms with Crippen LogP contribution in [-0.4, -0.2) is 19.7 Å². The van der Waals surface area contributed by atoms with Crippen LogP contribution in [0, 0.1) is 0 Å². The highest BCUT2D eigenvalue weighted by atomic mass is 15.3. The van der Waals surface area contributed by atoms with Crippen molar-refractivity contribution in [1.29, 1.82) is 0 Å². The van der Waals surface area contributed by atoms with Crippen LogP contribution < -0.4 is 11.1 Å². The van der Waals surface area contributed by atoms with Gasteiger partial charge in [-0.25, -0.2) is 14.6 Å². The Kier molecular flexibility index (Phi) is 5.24. The second kappa shape index (κ2) is 8.14. The average Bonchev–Trinajstić information content (AvgIpc) is 3.28. The first-order valence-corrected chi connectivity index (χ1v) is 9.66. The van der Waals surface area contributed by atoms with Crippen LogP contribution in [0.3, 0.4) is 0 Å². The molecular formula is C23H24N6. The molecule has 4 rings (SSSR count). The number of hydrogen-bond acceptors (Lipinski definition) is 5. The molecule has 146 valence electrons. The van der Waals surface area contributed by atoms with Crippen molar-refractivity contribution in [2.45, 2.75) is 26.3 Å². The van der Waals surface area contributed by atoms with Gasteiger partial charge in [0.25, 0.3) is 0 Å². The number of nitrogens with one attached hydrogen (secondary N) is 1. The third-order valence-electron chi connectivity index (χ3n) is 4.81. The highest BCUT2D eigenvalue weighted by Crippen LogP contribution is 2.28. The summed E-state index contributed by atoms with van der Waals surface area (Å²) in [6.07, 6.45) is 5.36. The summed E-state index contributed by atoms with van der Waals surface area (Å²) in [6, 6.07) is 18.3. The Morgan fingerprint density at radius 3 is 2.55 bits per heavy atom. The van der Waals surface area contributed by atoms with Gasteiger partial charge >= 0.3 is 0 Å². The highest BCUT2D eigenvalue weighted by Gasteiger charge is 2.12. The van der Waals surface area contributed by atoms with E-state index in [9.17, 15) is 0 Å². The molecule has 0 bridgehead atoms. The van der Waals surface area contributed by atoms with Gasteiger partial charge in [-0.1, -0.05) is 50.2 Å². The molecule has 2 heterocycles. The number of aromatic nitrogens is 4. The molecule has 0 aliphatic rings. The number of nitrogens with two attached hydrogens (primary N) is 1. The molecule has 0 radical (unpaired) electrons. The molecule has 0 saturated heterocycles. The molecule has 2 aromatic carbocycles. The Balaban J connectivity index is 1.53. The van der Waals surface area contributed by atoms with Gasteiger partial charge in [-0.15, -0.1) is 0 Å². The van der Waals surface area contributed by atoms with Crippen molar-refractivity contribution in [3.63, 3.8) is 0 Å². The predicted octanol–water partition coefficient (Wildman–Crippen LogP) is 4.65. The molecule has 6 heteroatoms. The highest BCUT2D eigenvalue weighted by molar-refractivity contribution is 5.67. The van der Waals surface area contributed by atoms with Gasteiger partial charge < -0.3 is 11.1 Å². The molecule has 6 nitrogen and oxygen atoms in total. The van der Waals surface area contributed by atoms with E-state index in [1.165, 1.54) is 5.56 Å². The van der Waals surface area contributed by atoms with Crippen molar-refractivity contribution in [2.75, 3.05) is 11.1 Å². The number of nitrogens with zero attached hydrogens (tertiary/aromatic N) is 4. The van der Waals surface area contributed by atoms with Crippen LogP contribution in [0.15, 0.2) is 73.2 Å². The van der Waals surface area contributed by atoms with E-state index < -0.39 is 0 Å². The number of rotatable bonds is 6. The normalized spacial score (nSPS) is 11.0. The lowest BCUT2D eigenvalue weighted by Crippen LogP contribution is -2.07. The summed E-state index contributed by atoms with van der Waals surface area (Å²) >= 11 is 0. The Hall–Kier alpha value is -3.67. The Morgan fingerprint density at radius 1 is 1.03 bits per heavy atom. The minimum atomic E-state index is 0.386. The van der Waals surface area contributed by atoms with Crippen molar-refractivity contribution in [3.8, 4) is 17.1 Å². The molecule has 4 aromatic rings. The van der Waals surface area contributed by atoms with Crippen LogP contribution in [0.1, 0.15) is 30.9 Å². The summed E-state index contributed by atoms with van der Waals surface area (Å²) in [5, 5.41) is 7.59.